The van der Waals surface area contributed by atoms with Crippen LogP contribution in [-0.2, 0) is 13.1 Å². The van der Waals surface area contributed by atoms with Crippen molar-refractivity contribution in [2.24, 2.45) is 0 Å². The van der Waals surface area contributed by atoms with E-state index >= 15 is 0 Å². The Morgan fingerprint density at radius 2 is 2.08 bits per heavy atom. The van der Waals surface area contributed by atoms with Crippen LogP contribution in [0.5, 0.6) is 0 Å². The number of aromatic nitrogens is 3. The molecule has 1 aliphatic rings. The lowest BCUT2D eigenvalue weighted by atomic mass is 9.95. The topological polar surface area (TPSA) is 127 Å². The number of rotatable bonds is 6. The van der Waals surface area contributed by atoms with Gasteiger partial charge in [-0.15, -0.1) is 0 Å². The molecule has 2 amide bonds. The SMILES string of the molecule is CC(O)c1cccc(NC(=O)c2nn(Cc3ccc(F)cc3C#N)c3c2CN(C(=O)c2ccc[nH]2)CC3C)c1. The third-order valence-electron chi connectivity index (χ3n) is 6.87. The molecule has 2 aromatic carbocycles. The van der Waals surface area contributed by atoms with E-state index in [1.165, 1.54) is 18.2 Å². The Morgan fingerprint density at radius 3 is 2.79 bits per heavy atom. The Hall–Kier alpha value is -4.75. The van der Waals surface area contributed by atoms with Crippen LogP contribution in [0.25, 0.3) is 0 Å². The molecule has 5 rings (SSSR count). The summed E-state index contributed by atoms with van der Waals surface area (Å²) in [4.78, 5) is 31.3. The number of hydrogen-bond acceptors (Lipinski definition) is 5. The zero-order chi connectivity index (χ0) is 27.7. The number of nitrogens with zero attached hydrogens (tertiary/aromatic N) is 4. The molecule has 2 unspecified atom stereocenters. The first kappa shape index (κ1) is 25.9. The Bertz CT molecular complexity index is 1580. The van der Waals surface area contributed by atoms with Crippen LogP contribution in [0.1, 0.15) is 74.8 Å². The van der Waals surface area contributed by atoms with Crippen molar-refractivity contribution in [1.82, 2.24) is 19.7 Å². The molecule has 0 spiro atoms. The molecule has 39 heavy (non-hydrogen) atoms. The first-order chi connectivity index (χ1) is 18.7. The van der Waals surface area contributed by atoms with E-state index in [4.69, 9.17) is 0 Å². The number of halogens is 1. The van der Waals surface area contributed by atoms with E-state index in [1.807, 2.05) is 13.0 Å². The Balaban J connectivity index is 1.54. The van der Waals surface area contributed by atoms with Gasteiger partial charge in [0.05, 0.1) is 30.8 Å². The van der Waals surface area contributed by atoms with Crippen LogP contribution in [0.15, 0.2) is 60.8 Å². The largest absolute Gasteiger partial charge is 0.389 e. The molecule has 0 aliphatic carbocycles. The third-order valence-corrected chi connectivity index (χ3v) is 6.87. The van der Waals surface area contributed by atoms with Gasteiger partial charge in [0.1, 0.15) is 11.5 Å². The van der Waals surface area contributed by atoms with Gasteiger partial charge in [-0.1, -0.05) is 25.1 Å². The van der Waals surface area contributed by atoms with Gasteiger partial charge in [0.15, 0.2) is 5.69 Å². The van der Waals surface area contributed by atoms with E-state index in [0.717, 1.165) is 5.69 Å². The molecule has 10 heteroatoms. The van der Waals surface area contributed by atoms with E-state index < -0.39 is 17.8 Å². The normalized spacial score (nSPS) is 15.4. The van der Waals surface area contributed by atoms with E-state index in [0.29, 0.717) is 34.6 Å². The van der Waals surface area contributed by atoms with Gasteiger partial charge >= 0.3 is 0 Å². The summed E-state index contributed by atoms with van der Waals surface area (Å²) >= 11 is 0. The van der Waals surface area contributed by atoms with Crippen LogP contribution in [0.4, 0.5) is 10.1 Å². The first-order valence-corrected chi connectivity index (χ1v) is 12.5. The molecule has 0 fully saturated rings. The van der Waals surface area contributed by atoms with Gasteiger partial charge in [0.2, 0.25) is 0 Å². The summed E-state index contributed by atoms with van der Waals surface area (Å²) in [5.74, 6) is -1.34. The van der Waals surface area contributed by atoms with Crippen molar-refractivity contribution in [3.8, 4) is 6.07 Å². The van der Waals surface area contributed by atoms with Crippen LogP contribution in [0.3, 0.4) is 0 Å². The first-order valence-electron chi connectivity index (χ1n) is 12.5. The van der Waals surface area contributed by atoms with Gasteiger partial charge in [-0.25, -0.2) is 4.39 Å². The minimum Gasteiger partial charge on any atom is -0.389 e. The standard InChI is InChI=1S/C29H27FN6O3/c1-17-14-35(29(39)25-7-4-10-32-25)16-24-26(28(38)33-23-6-3-5-19(12-23)18(2)37)34-36(27(17)24)15-20-8-9-22(30)11-21(20)13-31/h3-12,17-18,32,37H,14-16H2,1-2H3,(H,33,38). The maximum Gasteiger partial charge on any atom is 0.276 e. The second kappa shape index (κ2) is 10.6. The molecule has 3 N–H and O–H groups in total. The number of benzene rings is 2. The molecule has 2 aromatic heterocycles. The number of H-pyrrole nitrogens is 1. The molecule has 198 valence electrons. The summed E-state index contributed by atoms with van der Waals surface area (Å²) in [5.41, 5.74) is 3.89. The summed E-state index contributed by atoms with van der Waals surface area (Å²) in [6.07, 6.45) is 0.979. The number of amides is 2. The molecule has 0 radical (unpaired) electrons. The Morgan fingerprint density at radius 1 is 1.26 bits per heavy atom. The van der Waals surface area contributed by atoms with Crippen molar-refractivity contribution in [3.63, 3.8) is 0 Å². The average molecular weight is 527 g/mol. The predicted molar refractivity (Wildman–Crippen MR) is 141 cm³/mol. The summed E-state index contributed by atoms with van der Waals surface area (Å²) in [7, 11) is 0. The Kier molecular flexibility index (Phi) is 7.00. The summed E-state index contributed by atoms with van der Waals surface area (Å²) in [6, 6.07) is 16.4. The molecular formula is C29H27FN6O3. The second-order valence-electron chi connectivity index (χ2n) is 9.71. The van der Waals surface area contributed by atoms with Gasteiger partial charge in [0, 0.05) is 35.6 Å². The van der Waals surface area contributed by atoms with Gasteiger partial charge < -0.3 is 20.3 Å². The molecule has 1 aliphatic heterocycles. The van der Waals surface area contributed by atoms with Gasteiger partial charge in [0.25, 0.3) is 11.8 Å². The molecule has 2 atom stereocenters. The number of hydrogen-bond donors (Lipinski definition) is 3. The maximum absolute atomic E-state index is 13.8. The quantitative estimate of drug-likeness (QED) is 0.345. The van der Waals surface area contributed by atoms with Crippen molar-refractivity contribution < 1.29 is 19.1 Å². The lowest BCUT2D eigenvalue weighted by Crippen LogP contribution is -2.38. The van der Waals surface area contributed by atoms with Gasteiger partial charge in [-0.3, -0.25) is 14.3 Å². The second-order valence-corrected chi connectivity index (χ2v) is 9.71. The maximum atomic E-state index is 13.8. The van der Waals surface area contributed by atoms with Crippen LogP contribution >= 0.6 is 0 Å². The lowest BCUT2D eigenvalue weighted by molar-refractivity contribution is 0.0711. The minimum absolute atomic E-state index is 0.156. The smallest absolute Gasteiger partial charge is 0.276 e. The van der Waals surface area contributed by atoms with Gasteiger partial charge in [-0.05, 0) is 54.4 Å². The number of aliphatic hydroxyl groups is 1. The van der Waals surface area contributed by atoms with Crippen LogP contribution in [0.2, 0.25) is 0 Å². The number of aliphatic hydroxyl groups excluding tert-OH is 1. The highest BCUT2D eigenvalue weighted by Gasteiger charge is 2.35. The van der Waals surface area contributed by atoms with Crippen molar-refractivity contribution >= 4 is 17.5 Å². The lowest BCUT2D eigenvalue weighted by Gasteiger charge is -2.32. The minimum atomic E-state index is -0.702. The molecule has 4 aromatic rings. The average Bonchev–Trinajstić information content (AvgIpc) is 3.58. The van der Waals surface area contributed by atoms with Crippen LogP contribution in [-0.4, -0.2) is 43.1 Å². The van der Waals surface area contributed by atoms with Crippen molar-refractivity contribution in [1.29, 1.82) is 5.26 Å². The van der Waals surface area contributed by atoms with E-state index in [1.54, 1.807) is 59.1 Å². The third kappa shape index (κ3) is 5.17. The highest BCUT2D eigenvalue weighted by atomic mass is 19.1. The number of fused-ring (bicyclic) bond motifs is 1. The van der Waals surface area contributed by atoms with E-state index in [9.17, 15) is 24.3 Å². The monoisotopic (exact) mass is 526 g/mol. The Labute approximate surface area is 224 Å². The highest BCUT2D eigenvalue weighted by molar-refractivity contribution is 6.04. The summed E-state index contributed by atoms with van der Waals surface area (Å²) < 4.78 is 15.4. The van der Waals surface area contributed by atoms with Crippen molar-refractivity contribution in [2.75, 3.05) is 11.9 Å². The van der Waals surface area contributed by atoms with Crippen molar-refractivity contribution in [3.05, 3.63) is 106 Å². The number of aromatic amines is 1. The predicted octanol–water partition coefficient (Wildman–Crippen LogP) is 4.34. The van der Waals surface area contributed by atoms with E-state index in [2.05, 4.69) is 15.4 Å². The van der Waals surface area contributed by atoms with Crippen molar-refractivity contribution in [2.45, 2.75) is 39.0 Å². The zero-order valence-electron chi connectivity index (χ0n) is 21.5. The number of nitriles is 1. The number of carbonyl (C=O) groups excluding carboxylic acids is 2. The fourth-order valence-corrected chi connectivity index (χ4v) is 5.00. The zero-order valence-corrected chi connectivity index (χ0v) is 21.5. The van der Waals surface area contributed by atoms with Crippen LogP contribution < -0.4 is 5.32 Å². The van der Waals surface area contributed by atoms with Gasteiger partial charge in [-0.2, -0.15) is 10.4 Å². The molecule has 9 nitrogen and oxygen atoms in total. The van der Waals surface area contributed by atoms with E-state index in [-0.39, 0.29) is 36.2 Å². The highest BCUT2D eigenvalue weighted by Crippen LogP contribution is 2.33. The number of carbonyl (C=O) groups is 2. The molecule has 3 heterocycles. The molecule has 0 saturated carbocycles. The number of nitrogens with one attached hydrogen (secondary N) is 2. The fourth-order valence-electron chi connectivity index (χ4n) is 5.00. The fraction of sp³-hybridized carbons (Fsp3) is 0.241. The molecular weight excluding hydrogens is 499 g/mol. The molecule has 0 bridgehead atoms. The summed E-state index contributed by atoms with van der Waals surface area (Å²) in [6.45, 7) is 4.33. The number of anilines is 1. The summed E-state index contributed by atoms with van der Waals surface area (Å²) in [5, 5.41) is 27.0. The molecule has 0 saturated heterocycles. The van der Waals surface area contributed by atoms with Crippen LogP contribution in [0, 0.1) is 17.1 Å².